The zero-order chi connectivity index (χ0) is 38.9. The number of aromatic hydroxyl groups is 1. The predicted molar refractivity (Wildman–Crippen MR) is 192 cm³/mol. The predicted octanol–water partition coefficient (Wildman–Crippen LogP) is -0.584. The van der Waals surface area contributed by atoms with E-state index in [0.717, 1.165) is 11.1 Å². The van der Waals surface area contributed by atoms with E-state index in [2.05, 4.69) is 36.1 Å². The second kappa shape index (κ2) is 15.2. The largest absolute Gasteiger partial charge is 0.508 e. The molecule has 0 saturated carbocycles. The van der Waals surface area contributed by atoms with Gasteiger partial charge in [0.25, 0.3) is 11.5 Å². The maximum Gasteiger partial charge on any atom is 0.352 e. The maximum absolute atomic E-state index is 14.1. The van der Waals surface area contributed by atoms with Gasteiger partial charge in [0.1, 0.15) is 34.6 Å². The van der Waals surface area contributed by atoms with Gasteiger partial charge in [0.05, 0.1) is 11.1 Å². The van der Waals surface area contributed by atoms with Crippen molar-refractivity contribution < 1.29 is 37.8 Å². The van der Waals surface area contributed by atoms with Crippen LogP contribution in [0.25, 0.3) is 0 Å². The average molecular weight is 799 g/mol. The number of phenolic OH excluding ortho intramolecular Hbond substituents is 1. The molecule has 4 amide bonds. The Kier molecular flexibility index (Phi) is 10.6. The van der Waals surface area contributed by atoms with Crippen LogP contribution in [0.2, 0.25) is 0 Å². The van der Waals surface area contributed by atoms with Gasteiger partial charge in [0.2, 0.25) is 27.0 Å². The molecule has 9 N–H and O–H groups in total. The van der Waals surface area contributed by atoms with Gasteiger partial charge in [-0.1, -0.05) is 36.0 Å². The number of sulfonamides is 1. The zero-order valence-electron chi connectivity index (χ0n) is 27.8. The number of β-lactam (4-membered cyclic amide) rings is 1. The Morgan fingerprint density at radius 3 is 2.44 bits per heavy atom. The number of fused-ring (bicyclic) bond motifs is 1. The number of nitrogens with two attached hydrogens (primary N) is 2. The number of anilines is 2. The average Bonchev–Trinajstić information content (AvgIpc) is 3.55. The third-order valence-corrected chi connectivity index (χ3v) is 11.6. The van der Waals surface area contributed by atoms with Crippen LogP contribution in [0.1, 0.15) is 17.2 Å². The molecule has 282 valence electrons. The number of carbonyl (C=O) groups excluding carboxylic acids is 3. The number of hydrogen-bond acceptors (Lipinski definition) is 15. The van der Waals surface area contributed by atoms with E-state index in [1.165, 1.54) is 76.7 Å². The van der Waals surface area contributed by atoms with Gasteiger partial charge in [0, 0.05) is 25.1 Å². The molecule has 24 heteroatoms. The number of carbonyl (C=O) groups is 4. The molecule has 1 fully saturated rings. The van der Waals surface area contributed by atoms with E-state index in [9.17, 15) is 42.6 Å². The second-order valence-electron chi connectivity index (χ2n) is 11.7. The first kappa shape index (κ1) is 37.8. The van der Waals surface area contributed by atoms with Gasteiger partial charge in [-0.05, 0) is 51.4 Å². The summed E-state index contributed by atoms with van der Waals surface area (Å²) in [4.78, 5) is 74.6. The number of amides is 4. The van der Waals surface area contributed by atoms with Gasteiger partial charge in [-0.2, -0.15) is 0 Å². The summed E-state index contributed by atoms with van der Waals surface area (Å²) in [5.41, 5.74) is 5.35. The summed E-state index contributed by atoms with van der Waals surface area (Å²) in [6, 6.07) is 6.63. The number of carboxylic acids is 1. The number of H-pyrrole nitrogens is 1. The molecule has 0 radical (unpaired) electrons. The van der Waals surface area contributed by atoms with Gasteiger partial charge in [-0.15, -0.1) is 16.9 Å². The number of thioether (sulfide) groups is 2. The van der Waals surface area contributed by atoms with Crippen LogP contribution in [-0.2, 0) is 38.0 Å². The lowest BCUT2D eigenvalue weighted by atomic mass is 10.00. The Bertz CT molecular complexity index is 2330. The van der Waals surface area contributed by atoms with Gasteiger partial charge in [-0.3, -0.25) is 29.2 Å². The summed E-state index contributed by atoms with van der Waals surface area (Å²) in [5, 5.41) is 41.4. The van der Waals surface area contributed by atoms with Crippen LogP contribution in [0.3, 0.4) is 0 Å². The quantitative estimate of drug-likeness (QED) is 0.0657. The van der Waals surface area contributed by atoms with Gasteiger partial charge in [0.15, 0.2) is 0 Å². The molecule has 4 aromatic rings. The van der Waals surface area contributed by atoms with Crippen LogP contribution in [0.5, 0.6) is 5.75 Å². The number of urea groups is 1. The normalized spacial score (nSPS) is 17.3. The number of rotatable bonds is 13. The van der Waals surface area contributed by atoms with E-state index in [-0.39, 0.29) is 45.9 Å². The van der Waals surface area contributed by atoms with Crippen molar-refractivity contribution in [3.63, 3.8) is 0 Å². The molecule has 2 aliphatic rings. The highest BCUT2D eigenvalue weighted by molar-refractivity contribution is 8.01. The molecule has 2 aliphatic heterocycles. The Hall–Kier alpha value is -5.98. The fraction of sp³-hybridized carbons (Fsp3) is 0.233. The number of aromatic nitrogens is 6. The van der Waals surface area contributed by atoms with Crippen LogP contribution in [0, 0.1) is 0 Å². The Balaban J connectivity index is 1.23. The highest BCUT2D eigenvalue weighted by atomic mass is 32.2. The van der Waals surface area contributed by atoms with Crippen LogP contribution in [-0.4, -0.2) is 100 Å². The summed E-state index contributed by atoms with van der Waals surface area (Å²) in [6.45, 7) is 0.0923. The number of aromatic amines is 1. The zero-order valence-corrected chi connectivity index (χ0v) is 30.3. The number of tetrazole rings is 1. The summed E-state index contributed by atoms with van der Waals surface area (Å²) in [7, 11) is -2.26. The Morgan fingerprint density at radius 2 is 1.85 bits per heavy atom. The molecule has 0 spiro atoms. The number of benzene rings is 2. The minimum atomic E-state index is -3.89. The van der Waals surface area contributed by atoms with Gasteiger partial charge >= 0.3 is 12.0 Å². The van der Waals surface area contributed by atoms with Crippen molar-refractivity contribution in [2.75, 3.05) is 21.7 Å². The summed E-state index contributed by atoms with van der Waals surface area (Å²) in [5.74, 6) is -2.83. The number of aliphatic carboxylic acids is 1. The molecule has 21 nitrogen and oxygen atoms in total. The number of phenols is 1. The van der Waals surface area contributed by atoms with E-state index in [1.807, 2.05) is 0 Å². The molecule has 4 heterocycles. The number of primary amides is 1. The lowest BCUT2D eigenvalue weighted by Gasteiger charge is -2.49. The third-order valence-electron chi connectivity index (χ3n) is 8.21. The number of hydrogen-bond donors (Lipinski definition) is 7. The van der Waals surface area contributed by atoms with Crippen LogP contribution < -0.4 is 32.0 Å². The van der Waals surface area contributed by atoms with Gasteiger partial charge in [-0.25, -0.2) is 32.8 Å². The topological polar surface area (TPSA) is 315 Å². The monoisotopic (exact) mass is 798 g/mol. The first-order valence-electron chi connectivity index (χ1n) is 15.5. The number of carboxylic acid groups (broad SMARTS) is 1. The van der Waals surface area contributed by atoms with Crippen molar-refractivity contribution in [1.29, 1.82) is 0 Å². The van der Waals surface area contributed by atoms with E-state index >= 15 is 0 Å². The fourth-order valence-electron chi connectivity index (χ4n) is 5.61. The molecule has 2 unspecified atom stereocenters. The smallest absolute Gasteiger partial charge is 0.352 e. The molecule has 0 bridgehead atoms. The van der Waals surface area contributed by atoms with Gasteiger partial charge < -0.3 is 26.6 Å². The molecule has 54 heavy (non-hydrogen) atoms. The molecule has 1 saturated heterocycles. The Morgan fingerprint density at radius 1 is 1.15 bits per heavy atom. The fourth-order valence-corrected chi connectivity index (χ4v) is 8.46. The van der Waals surface area contributed by atoms with E-state index < -0.39 is 62.5 Å². The lowest BCUT2D eigenvalue weighted by molar-refractivity contribution is -0.150. The second-order valence-corrected chi connectivity index (χ2v) is 15.3. The van der Waals surface area contributed by atoms with E-state index in [4.69, 9.17) is 10.9 Å². The number of aryl methyl sites for hydroxylation is 1. The van der Waals surface area contributed by atoms with Crippen molar-refractivity contribution >= 4 is 69.0 Å². The van der Waals surface area contributed by atoms with E-state index in [1.54, 1.807) is 7.05 Å². The molecular formula is C30H30N12O9S3. The number of nitrogens with zero attached hydrogens (tertiary/aromatic N) is 7. The van der Waals surface area contributed by atoms with E-state index in [0.29, 0.717) is 21.2 Å². The molecule has 2 aromatic carbocycles. The molecule has 2 aromatic heterocycles. The number of primary sulfonamides is 1. The minimum Gasteiger partial charge on any atom is -0.508 e. The first-order chi connectivity index (χ1) is 25.6. The van der Waals surface area contributed by atoms with Crippen molar-refractivity contribution in [3.05, 3.63) is 87.5 Å². The summed E-state index contributed by atoms with van der Waals surface area (Å²) in [6.07, 6.45) is 1.00. The highest BCUT2D eigenvalue weighted by Gasteiger charge is 2.55. The molecule has 0 aliphatic carbocycles. The molecule has 6 rings (SSSR count). The Labute approximate surface area is 313 Å². The standard InChI is InChI=1S/C30H30N12O9S3/c1-40-30(37-38-39-40)53-13-16-12-52-26-20(25(46)42(26)22(16)27(47)48)35-24(45)21(15-4-6-17(43)7-5-15)41(28(31)49)19-11-34-29(36-23(19)44)33-10-14-2-8-18(9-3-14)54(32,50)51/h2-9,11,20-21,26,43H,10,12-13H2,1H3,(H2,31,49)(H,35,45)(H,47,48)(H2,32,50,51)(H2,33,34,36,44)/t20?,21?,26-/m0/s1. The van der Waals surface area contributed by atoms with Crippen molar-refractivity contribution in [2.45, 2.75) is 34.1 Å². The van der Waals surface area contributed by atoms with Crippen molar-refractivity contribution in [3.8, 4) is 5.75 Å². The third kappa shape index (κ3) is 7.71. The van der Waals surface area contributed by atoms with Crippen LogP contribution in [0.4, 0.5) is 16.4 Å². The summed E-state index contributed by atoms with van der Waals surface area (Å²) < 4.78 is 24.5. The SMILES string of the molecule is Cn1nnnc1SCC1=C(C(=O)O)N2C(=O)C(NC(=O)C(c3ccc(O)cc3)N(C(N)=O)c3cnc(NCc4ccc(S(N)(=O)=O)cc4)[nH]c3=O)[C@@H]2SC1. The first-order valence-corrected chi connectivity index (χ1v) is 19.1. The lowest BCUT2D eigenvalue weighted by Crippen LogP contribution is -2.71. The van der Waals surface area contributed by atoms with Crippen molar-refractivity contribution in [2.24, 2.45) is 17.9 Å². The number of nitrogens with one attached hydrogen (secondary N) is 3. The maximum atomic E-state index is 14.1. The molecule has 3 atom stereocenters. The summed E-state index contributed by atoms with van der Waals surface area (Å²) >= 11 is 2.41. The molecular weight excluding hydrogens is 769 g/mol. The minimum absolute atomic E-state index is 0.0443. The van der Waals surface area contributed by atoms with Crippen LogP contribution >= 0.6 is 23.5 Å². The van der Waals surface area contributed by atoms with Crippen molar-refractivity contribution in [1.82, 2.24) is 40.4 Å². The highest BCUT2D eigenvalue weighted by Crippen LogP contribution is 2.42. The van der Waals surface area contributed by atoms with Crippen LogP contribution in [0.15, 0.2) is 80.8 Å².